The van der Waals surface area contributed by atoms with Crippen LogP contribution in [0.3, 0.4) is 0 Å². The van der Waals surface area contributed by atoms with Gasteiger partial charge in [-0.2, -0.15) is 0 Å². The van der Waals surface area contributed by atoms with Crippen molar-refractivity contribution >= 4 is 19.2 Å². The van der Waals surface area contributed by atoms with Crippen molar-refractivity contribution in [1.82, 2.24) is 0 Å². The van der Waals surface area contributed by atoms with E-state index in [0.717, 1.165) is 5.19 Å². The van der Waals surface area contributed by atoms with Gasteiger partial charge in [-0.3, -0.25) is 0 Å². The van der Waals surface area contributed by atoms with E-state index in [0.29, 0.717) is 17.1 Å². The van der Waals surface area contributed by atoms with Gasteiger partial charge in [-0.05, 0) is 23.4 Å². The average Bonchev–Trinajstić information content (AvgIpc) is 2.46. The van der Waals surface area contributed by atoms with E-state index < -0.39 is 14.0 Å². The van der Waals surface area contributed by atoms with Gasteiger partial charge in [0.1, 0.15) is 17.1 Å². The third-order valence-electron chi connectivity index (χ3n) is 3.22. The Bertz CT molecular complexity index is 644. The SMILES string of the molecule is COc1ccccc1C(=O)Oc1ccccc1[Si](C)(C)C. The number of hydrogen-bond acceptors (Lipinski definition) is 3. The van der Waals surface area contributed by atoms with Crippen LogP contribution in [-0.4, -0.2) is 21.2 Å². The molecule has 0 heterocycles. The van der Waals surface area contributed by atoms with Gasteiger partial charge in [0.15, 0.2) is 0 Å². The monoisotopic (exact) mass is 300 g/mol. The lowest BCUT2D eigenvalue weighted by Crippen LogP contribution is -2.39. The van der Waals surface area contributed by atoms with Crippen LogP contribution in [0.1, 0.15) is 10.4 Å². The summed E-state index contributed by atoms with van der Waals surface area (Å²) in [4.78, 5) is 12.4. The van der Waals surface area contributed by atoms with Crippen molar-refractivity contribution in [2.45, 2.75) is 19.6 Å². The second-order valence-corrected chi connectivity index (χ2v) is 10.9. The predicted octanol–water partition coefficient (Wildman–Crippen LogP) is 3.46. The number of para-hydroxylation sites is 2. The zero-order valence-electron chi connectivity index (χ0n) is 12.8. The highest BCUT2D eigenvalue weighted by atomic mass is 28.3. The van der Waals surface area contributed by atoms with Crippen molar-refractivity contribution < 1.29 is 14.3 Å². The molecule has 0 radical (unpaired) electrons. The fourth-order valence-corrected chi connectivity index (χ4v) is 3.61. The molecule has 0 saturated carbocycles. The van der Waals surface area contributed by atoms with E-state index in [1.807, 2.05) is 30.3 Å². The highest BCUT2D eigenvalue weighted by molar-refractivity contribution is 6.89. The van der Waals surface area contributed by atoms with E-state index >= 15 is 0 Å². The van der Waals surface area contributed by atoms with Crippen molar-refractivity contribution in [3.8, 4) is 11.5 Å². The minimum Gasteiger partial charge on any atom is -0.496 e. The summed E-state index contributed by atoms with van der Waals surface area (Å²) in [6, 6.07) is 14.8. The van der Waals surface area contributed by atoms with Crippen molar-refractivity contribution in [3.05, 3.63) is 54.1 Å². The molecule has 4 heteroatoms. The molecule has 110 valence electrons. The summed E-state index contributed by atoms with van der Waals surface area (Å²) in [5.74, 6) is 0.777. The van der Waals surface area contributed by atoms with Gasteiger partial charge < -0.3 is 9.47 Å². The Morgan fingerprint density at radius 3 is 2.10 bits per heavy atom. The van der Waals surface area contributed by atoms with Crippen molar-refractivity contribution in [3.63, 3.8) is 0 Å². The highest BCUT2D eigenvalue weighted by Crippen LogP contribution is 2.21. The third-order valence-corrected chi connectivity index (χ3v) is 5.25. The molecule has 0 spiro atoms. The molecule has 0 amide bonds. The minimum absolute atomic E-state index is 0.391. The molecule has 0 atom stereocenters. The highest BCUT2D eigenvalue weighted by Gasteiger charge is 2.23. The van der Waals surface area contributed by atoms with E-state index in [2.05, 4.69) is 19.6 Å². The first-order valence-electron chi connectivity index (χ1n) is 6.88. The van der Waals surface area contributed by atoms with Crippen LogP contribution in [0.4, 0.5) is 0 Å². The fraction of sp³-hybridized carbons (Fsp3) is 0.235. The lowest BCUT2D eigenvalue weighted by molar-refractivity contribution is 0.0733. The number of hydrogen-bond donors (Lipinski definition) is 0. The molecule has 21 heavy (non-hydrogen) atoms. The first-order chi connectivity index (χ1) is 9.93. The lowest BCUT2D eigenvalue weighted by Gasteiger charge is -2.20. The van der Waals surface area contributed by atoms with Gasteiger partial charge in [0, 0.05) is 0 Å². The molecule has 0 bridgehead atoms. The van der Waals surface area contributed by atoms with E-state index in [1.54, 1.807) is 25.3 Å². The van der Waals surface area contributed by atoms with Crippen molar-refractivity contribution in [2.24, 2.45) is 0 Å². The molecule has 0 saturated heterocycles. The van der Waals surface area contributed by atoms with Crippen LogP contribution in [0.5, 0.6) is 11.5 Å². The molecule has 2 rings (SSSR count). The van der Waals surface area contributed by atoms with Crippen molar-refractivity contribution in [1.29, 1.82) is 0 Å². The molecule has 2 aromatic carbocycles. The first-order valence-corrected chi connectivity index (χ1v) is 10.4. The van der Waals surface area contributed by atoms with E-state index in [4.69, 9.17) is 9.47 Å². The number of carbonyl (C=O) groups excluding carboxylic acids is 1. The summed E-state index contributed by atoms with van der Waals surface area (Å²) in [7, 11) is -0.0323. The minimum atomic E-state index is -1.58. The molecule has 2 aromatic rings. The molecule has 0 aliphatic carbocycles. The van der Waals surface area contributed by atoms with Crippen LogP contribution in [0.2, 0.25) is 19.6 Å². The molecular formula is C17H20O3Si. The number of carbonyl (C=O) groups is 1. The van der Waals surface area contributed by atoms with Crippen LogP contribution >= 0.6 is 0 Å². The summed E-state index contributed by atoms with van der Waals surface area (Å²) in [5, 5.41) is 1.13. The van der Waals surface area contributed by atoms with Gasteiger partial charge in [-0.25, -0.2) is 4.79 Å². The largest absolute Gasteiger partial charge is 0.496 e. The molecule has 0 aliphatic heterocycles. The molecule has 0 N–H and O–H groups in total. The lowest BCUT2D eigenvalue weighted by atomic mass is 10.2. The summed E-state index contributed by atoms with van der Waals surface area (Å²) < 4.78 is 10.8. The Kier molecular flexibility index (Phi) is 4.48. The number of esters is 1. The third kappa shape index (κ3) is 3.52. The molecular weight excluding hydrogens is 280 g/mol. The molecule has 0 fully saturated rings. The van der Waals surface area contributed by atoms with E-state index in [1.165, 1.54) is 0 Å². The number of ether oxygens (including phenoxy) is 2. The molecule has 0 aliphatic rings. The Labute approximate surface area is 126 Å². The fourth-order valence-electron chi connectivity index (χ4n) is 2.14. The Morgan fingerprint density at radius 1 is 0.905 bits per heavy atom. The summed E-state index contributed by atoms with van der Waals surface area (Å²) in [5.41, 5.74) is 0.436. The maximum atomic E-state index is 12.4. The second-order valence-electron chi connectivity index (χ2n) is 5.84. The Balaban J connectivity index is 2.33. The van der Waals surface area contributed by atoms with Gasteiger partial charge in [-0.15, -0.1) is 0 Å². The van der Waals surface area contributed by atoms with Crippen molar-refractivity contribution in [2.75, 3.05) is 7.11 Å². The first kappa shape index (κ1) is 15.3. The smallest absolute Gasteiger partial charge is 0.347 e. The number of methoxy groups -OCH3 is 1. The normalized spacial score (nSPS) is 11.0. The molecule has 0 aromatic heterocycles. The summed E-state index contributed by atoms with van der Waals surface area (Å²) in [6.45, 7) is 6.67. The van der Waals surface area contributed by atoms with Gasteiger partial charge in [0.25, 0.3) is 0 Å². The maximum absolute atomic E-state index is 12.4. The standard InChI is InChI=1S/C17H20O3Si/c1-19-14-10-6-5-9-13(14)17(18)20-15-11-7-8-12-16(15)21(2,3)4/h5-12H,1-4H3. The van der Waals surface area contributed by atoms with Crippen LogP contribution < -0.4 is 14.7 Å². The van der Waals surface area contributed by atoms with Gasteiger partial charge in [0.2, 0.25) is 0 Å². The van der Waals surface area contributed by atoms with Gasteiger partial charge in [0.05, 0.1) is 15.2 Å². The predicted molar refractivity (Wildman–Crippen MR) is 87.4 cm³/mol. The quantitative estimate of drug-likeness (QED) is 0.493. The van der Waals surface area contributed by atoms with Crippen LogP contribution in [0.25, 0.3) is 0 Å². The topological polar surface area (TPSA) is 35.5 Å². The Hall–Kier alpha value is -2.07. The zero-order chi connectivity index (χ0) is 15.5. The number of benzene rings is 2. The zero-order valence-corrected chi connectivity index (χ0v) is 13.8. The Morgan fingerprint density at radius 2 is 1.48 bits per heavy atom. The summed E-state index contributed by atoms with van der Waals surface area (Å²) in [6.07, 6.45) is 0. The summed E-state index contributed by atoms with van der Waals surface area (Å²) >= 11 is 0. The van der Waals surface area contributed by atoms with E-state index in [9.17, 15) is 4.79 Å². The van der Waals surface area contributed by atoms with Crippen LogP contribution in [0.15, 0.2) is 48.5 Å². The maximum Gasteiger partial charge on any atom is 0.347 e. The van der Waals surface area contributed by atoms with Gasteiger partial charge >= 0.3 is 5.97 Å². The molecule has 3 nitrogen and oxygen atoms in total. The number of rotatable bonds is 4. The second kappa shape index (κ2) is 6.14. The van der Waals surface area contributed by atoms with E-state index in [-0.39, 0.29) is 0 Å². The molecule has 0 unspecified atom stereocenters. The average molecular weight is 300 g/mol. The van der Waals surface area contributed by atoms with Crippen LogP contribution in [-0.2, 0) is 0 Å². The van der Waals surface area contributed by atoms with Crippen LogP contribution in [0, 0.1) is 0 Å². The van der Waals surface area contributed by atoms with Gasteiger partial charge in [-0.1, -0.05) is 50.0 Å².